The highest BCUT2D eigenvalue weighted by Crippen LogP contribution is 2.25. The van der Waals surface area contributed by atoms with Crippen molar-refractivity contribution in [3.8, 4) is 11.1 Å². The number of halogens is 2. The Kier molecular flexibility index (Phi) is 6.95. The van der Waals surface area contributed by atoms with Crippen LogP contribution in [0.3, 0.4) is 0 Å². The van der Waals surface area contributed by atoms with Crippen LogP contribution in [-0.4, -0.2) is 44.0 Å². The van der Waals surface area contributed by atoms with Crippen molar-refractivity contribution in [2.45, 2.75) is 18.7 Å². The average molecular weight is 487 g/mol. The lowest BCUT2D eigenvalue weighted by Crippen LogP contribution is -2.57. The molecule has 1 aliphatic heterocycles. The van der Waals surface area contributed by atoms with Crippen LogP contribution < -0.4 is 4.72 Å². The molecule has 1 fully saturated rings. The van der Waals surface area contributed by atoms with E-state index in [4.69, 9.17) is 11.6 Å². The Morgan fingerprint density at radius 2 is 1.79 bits per heavy atom. The van der Waals surface area contributed by atoms with E-state index in [0.717, 1.165) is 11.1 Å². The standard InChI is InChI=1S/C25H24ClFN2O3S/c1-17-10-20(19-7-3-2-4-8-19)12-23(25(17)27)24(30)13-28-33(31,32)22-15-29(16-22)14-18-6-5-9-21(26)11-18/h2-12,22,28H,13-16H2,1H3. The third kappa shape index (κ3) is 5.50. The second-order valence-corrected chi connectivity index (χ2v) is 10.7. The van der Waals surface area contributed by atoms with Gasteiger partial charge in [0.25, 0.3) is 0 Å². The summed E-state index contributed by atoms with van der Waals surface area (Å²) < 4.78 is 42.3. The minimum atomic E-state index is -3.71. The van der Waals surface area contributed by atoms with E-state index in [1.54, 1.807) is 19.1 Å². The average Bonchev–Trinajstić information content (AvgIpc) is 2.76. The topological polar surface area (TPSA) is 66.5 Å². The first-order valence-electron chi connectivity index (χ1n) is 10.6. The maximum atomic E-state index is 14.7. The summed E-state index contributed by atoms with van der Waals surface area (Å²) in [7, 11) is -3.71. The molecule has 5 nitrogen and oxygen atoms in total. The molecular weight excluding hydrogens is 463 g/mol. The number of benzene rings is 3. The molecule has 1 aliphatic rings. The quantitative estimate of drug-likeness (QED) is 0.478. The number of rotatable bonds is 8. The summed E-state index contributed by atoms with van der Waals surface area (Å²) in [5.74, 6) is -1.23. The van der Waals surface area contributed by atoms with Gasteiger partial charge in [0.05, 0.1) is 12.1 Å². The Balaban J connectivity index is 1.38. The molecule has 172 valence electrons. The van der Waals surface area contributed by atoms with E-state index in [1.807, 2.05) is 53.4 Å². The monoisotopic (exact) mass is 486 g/mol. The highest BCUT2D eigenvalue weighted by Gasteiger charge is 2.37. The number of ketones is 1. The number of aryl methyl sites for hydroxylation is 1. The smallest absolute Gasteiger partial charge is 0.217 e. The molecule has 0 radical (unpaired) electrons. The van der Waals surface area contributed by atoms with Crippen molar-refractivity contribution in [3.05, 3.63) is 94.3 Å². The first-order chi connectivity index (χ1) is 15.7. The van der Waals surface area contributed by atoms with Gasteiger partial charge in [-0.25, -0.2) is 17.5 Å². The summed E-state index contributed by atoms with van der Waals surface area (Å²) in [6.07, 6.45) is 0. The molecule has 1 N–H and O–H groups in total. The number of carbonyl (C=O) groups excluding carboxylic acids is 1. The van der Waals surface area contributed by atoms with E-state index in [0.29, 0.717) is 35.8 Å². The number of nitrogens with one attached hydrogen (secondary N) is 1. The highest BCUT2D eigenvalue weighted by atomic mass is 35.5. The fourth-order valence-corrected chi connectivity index (χ4v) is 5.49. The molecular formula is C25H24ClFN2O3S. The predicted molar refractivity (Wildman–Crippen MR) is 128 cm³/mol. The van der Waals surface area contributed by atoms with Gasteiger partial charge < -0.3 is 0 Å². The molecule has 3 aromatic carbocycles. The summed E-state index contributed by atoms with van der Waals surface area (Å²) >= 11 is 5.99. The Hall–Kier alpha value is -2.58. The number of hydrogen-bond donors (Lipinski definition) is 1. The molecule has 0 atom stereocenters. The van der Waals surface area contributed by atoms with Crippen molar-refractivity contribution in [1.82, 2.24) is 9.62 Å². The van der Waals surface area contributed by atoms with Gasteiger partial charge in [0.2, 0.25) is 10.0 Å². The van der Waals surface area contributed by atoms with Crippen LogP contribution in [0.25, 0.3) is 11.1 Å². The minimum absolute atomic E-state index is 0.118. The Labute approximate surface area is 198 Å². The molecule has 0 spiro atoms. The van der Waals surface area contributed by atoms with Gasteiger partial charge in [-0.2, -0.15) is 0 Å². The van der Waals surface area contributed by atoms with Gasteiger partial charge >= 0.3 is 0 Å². The number of nitrogens with zero attached hydrogens (tertiary/aromatic N) is 1. The van der Waals surface area contributed by atoms with Crippen molar-refractivity contribution in [2.75, 3.05) is 19.6 Å². The van der Waals surface area contributed by atoms with E-state index in [9.17, 15) is 17.6 Å². The van der Waals surface area contributed by atoms with Crippen LogP contribution >= 0.6 is 11.6 Å². The molecule has 8 heteroatoms. The van der Waals surface area contributed by atoms with Crippen molar-refractivity contribution < 1.29 is 17.6 Å². The highest BCUT2D eigenvalue weighted by molar-refractivity contribution is 7.90. The van der Waals surface area contributed by atoms with Crippen LogP contribution in [0.5, 0.6) is 0 Å². The normalized spacial score (nSPS) is 14.8. The lowest BCUT2D eigenvalue weighted by molar-refractivity contribution is 0.0992. The number of Topliss-reactive ketones (excluding diaryl/α,β-unsaturated/α-hetero) is 1. The maximum Gasteiger partial charge on any atom is 0.217 e. The van der Waals surface area contributed by atoms with Gasteiger partial charge in [-0.3, -0.25) is 9.69 Å². The number of hydrogen-bond acceptors (Lipinski definition) is 4. The summed E-state index contributed by atoms with van der Waals surface area (Å²) in [6, 6.07) is 19.9. The molecule has 3 aromatic rings. The summed E-state index contributed by atoms with van der Waals surface area (Å²) in [4.78, 5) is 14.7. The molecule has 4 rings (SSSR count). The van der Waals surface area contributed by atoms with E-state index in [-0.39, 0.29) is 5.56 Å². The second-order valence-electron chi connectivity index (χ2n) is 8.26. The second kappa shape index (κ2) is 9.73. The lowest BCUT2D eigenvalue weighted by atomic mass is 9.98. The molecule has 0 saturated carbocycles. The number of sulfonamides is 1. The van der Waals surface area contributed by atoms with E-state index in [2.05, 4.69) is 4.72 Å². The SMILES string of the molecule is Cc1cc(-c2ccccc2)cc(C(=O)CNS(=O)(=O)C2CN(Cc3cccc(Cl)c3)C2)c1F. The van der Waals surface area contributed by atoms with Crippen LogP contribution in [0, 0.1) is 12.7 Å². The Morgan fingerprint density at radius 1 is 1.06 bits per heavy atom. The molecule has 33 heavy (non-hydrogen) atoms. The zero-order chi connectivity index (χ0) is 23.6. The molecule has 0 bridgehead atoms. The lowest BCUT2D eigenvalue weighted by Gasteiger charge is -2.38. The van der Waals surface area contributed by atoms with Gasteiger partial charge in [0.15, 0.2) is 5.78 Å². The number of carbonyl (C=O) groups is 1. The summed E-state index contributed by atoms with van der Waals surface area (Å²) in [6.45, 7) is 2.41. The first-order valence-corrected chi connectivity index (χ1v) is 12.5. The third-order valence-electron chi connectivity index (χ3n) is 5.75. The van der Waals surface area contributed by atoms with Crippen LogP contribution in [-0.2, 0) is 16.6 Å². The zero-order valence-corrected chi connectivity index (χ0v) is 19.7. The molecule has 0 aliphatic carbocycles. The molecule has 0 unspecified atom stereocenters. The van der Waals surface area contributed by atoms with Gasteiger partial charge in [-0.05, 0) is 53.4 Å². The fourth-order valence-electron chi connectivity index (χ4n) is 3.89. The van der Waals surface area contributed by atoms with E-state index < -0.39 is 33.4 Å². The fraction of sp³-hybridized carbons (Fsp3) is 0.240. The largest absolute Gasteiger partial charge is 0.296 e. The van der Waals surface area contributed by atoms with Crippen LogP contribution in [0.2, 0.25) is 5.02 Å². The molecule has 0 aromatic heterocycles. The Bertz CT molecular complexity index is 1280. The van der Waals surface area contributed by atoms with Crippen LogP contribution in [0.4, 0.5) is 4.39 Å². The van der Waals surface area contributed by atoms with Crippen molar-refractivity contribution in [2.24, 2.45) is 0 Å². The number of likely N-dealkylation sites (tertiary alicyclic amines) is 1. The van der Waals surface area contributed by atoms with E-state index >= 15 is 0 Å². The molecule has 0 amide bonds. The van der Waals surface area contributed by atoms with Gasteiger partial charge in [-0.1, -0.05) is 54.1 Å². The minimum Gasteiger partial charge on any atom is -0.296 e. The van der Waals surface area contributed by atoms with Crippen molar-refractivity contribution in [3.63, 3.8) is 0 Å². The predicted octanol–water partition coefficient (Wildman–Crippen LogP) is 4.44. The third-order valence-corrected chi connectivity index (χ3v) is 7.71. The van der Waals surface area contributed by atoms with Crippen LogP contribution in [0.15, 0.2) is 66.7 Å². The summed E-state index contributed by atoms with van der Waals surface area (Å²) in [5.41, 5.74) is 2.78. The van der Waals surface area contributed by atoms with Gasteiger partial charge in [0, 0.05) is 24.7 Å². The van der Waals surface area contributed by atoms with Crippen molar-refractivity contribution >= 4 is 27.4 Å². The molecule has 1 heterocycles. The Morgan fingerprint density at radius 3 is 2.48 bits per heavy atom. The van der Waals surface area contributed by atoms with Gasteiger partial charge in [-0.15, -0.1) is 0 Å². The first kappa shape index (κ1) is 23.6. The van der Waals surface area contributed by atoms with E-state index in [1.165, 1.54) is 6.07 Å². The van der Waals surface area contributed by atoms with Gasteiger partial charge in [0.1, 0.15) is 11.1 Å². The maximum absolute atomic E-state index is 14.7. The van der Waals surface area contributed by atoms with Crippen LogP contribution in [0.1, 0.15) is 21.5 Å². The van der Waals surface area contributed by atoms with Crippen molar-refractivity contribution in [1.29, 1.82) is 0 Å². The molecule has 1 saturated heterocycles. The summed E-state index contributed by atoms with van der Waals surface area (Å²) in [5, 5.41) is 0.0166. The zero-order valence-electron chi connectivity index (χ0n) is 18.1.